The van der Waals surface area contributed by atoms with Gasteiger partial charge in [-0.25, -0.2) is 9.97 Å². The molecule has 3 aromatic heterocycles. The summed E-state index contributed by atoms with van der Waals surface area (Å²) in [5.74, 6) is 0.647. The fourth-order valence-corrected chi connectivity index (χ4v) is 7.68. The quantitative estimate of drug-likeness (QED) is 0.205. The highest BCUT2D eigenvalue weighted by Crippen LogP contribution is 2.51. The SMILES string of the molecule is CC1(C)c2ccccc2-c2cc3c(cc21)c1ccccc1n3-c1nc(-c2cccc3c2oc2ccccc23)c2ccccc2n1. The van der Waals surface area contributed by atoms with Crippen molar-refractivity contribution >= 4 is 54.6 Å². The Morgan fingerprint density at radius 1 is 0.533 bits per heavy atom. The van der Waals surface area contributed by atoms with Crippen molar-refractivity contribution in [2.75, 3.05) is 0 Å². The Bertz CT molecular complexity index is 2690. The molecular formula is C41H27N3O. The number of hydrogen-bond donors (Lipinski definition) is 0. The summed E-state index contributed by atoms with van der Waals surface area (Å²) in [7, 11) is 0. The first-order valence-electron chi connectivity index (χ1n) is 15.4. The molecule has 0 bridgehead atoms. The van der Waals surface area contributed by atoms with Crippen LogP contribution in [0.25, 0.3) is 83.0 Å². The molecule has 0 unspecified atom stereocenters. The topological polar surface area (TPSA) is 43.9 Å². The van der Waals surface area contributed by atoms with E-state index in [9.17, 15) is 0 Å². The fourth-order valence-electron chi connectivity index (χ4n) is 7.68. The number of benzene rings is 6. The molecule has 0 spiro atoms. The van der Waals surface area contributed by atoms with E-state index in [-0.39, 0.29) is 5.41 Å². The zero-order valence-corrected chi connectivity index (χ0v) is 24.9. The number of para-hydroxylation sites is 4. The second kappa shape index (κ2) is 8.67. The van der Waals surface area contributed by atoms with Gasteiger partial charge in [-0.05, 0) is 58.7 Å². The van der Waals surface area contributed by atoms with Crippen LogP contribution in [0.4, 0.5) is 0 Å². The van der Waals surface area contributed by atoms with Gasteiger partial charge in [0.15, 0.2) is 0 Å². The summed E-state index contributed by atoms with van der Waals surface area (Å²) in [6, 6.07) is 45.0. The number of fused-ring (bicyclic) bond motifs is 10. The number of rotatable bonds is 2. The number of hydrogen-bond acceptors (Lipinski definition) is 3. The Balaban J connectivity index is 1.31. The van der Waals surface area contributed by atoms with Gasteiger partial charge in [0.25, 0.3) is 0 Å². The minimum atomic E-state index is -0.0821. The third-order valence-corrected chi connectivity index (χ3v) is 9.83. The van der Waals surface area contributed by atoms with E-state index in [0.717, 1.165) is 55.1 Å². The van der Waals surface area contributed by atoms with Crippen LogP contribution in [0.2, 0.25) is 0 Å². The summed E-state index contributed by atoms with van der Waals surface area (Å²) in [5.41, 5.74) is 11.8. The van der Waals surface area contributed by atoms with Crippen molar-refractivity contribution in [1.82, 2.24) is 14.5 Å². The van der Waals surface area contributed by atoms with Crippen molar-refractivity contribution in [3.05, 3.63) is 139 Å². The van der Waals surface area contributed by atoms with E-state index in [1.807, 2.05) is 18.2 Å². The molecule has 1 aliphatic carbocycles. The lowest BCUT2D eigenvalue weighted by molar-refractivity contribution is 0.661. The normalized spacial score (nSPS) is 13.7. The van der Waals surface area contributed by atoms with E-state index in [1.165, 1.54) is 33.0 Å². The number of aromatic nitrogens is 3. The monoisotopic (exact) mass is 577 g/mol. The van der Waals surface area contributed by atoms with E-state index in [1.54, 1.807) is 0 Å². The first-order valence-corrected chi connectivity index (χ1v) is 15.4. The Kier molecular flexibility index (Phi) is 4.76. The molecular weight excluding hydrogens is 550 g/mol. The van der Waals surface area contributed by atoms with Gasteiger partial charge in [0.05, 0.1) is 22.2 Å². The van der Waals surface area contributed by atoms with Gasteiger partial charge in [-0.3, -0.25) is 4.57 Å². The molecule has 9 aromatic rings. The van der Waals surface area contributed by atoms with Crippen LogP contribution in [0.15, 0.2) is 132 Å². The maximum atomic E-state index is 6.49. The third kappa shape index (κ3) is 3.26. The molecule has 0 fully saturated rings. The second-order valence-electron chi connectivity index (χ2n) is 12.6. The molecule has 0 N–H and O–H groups in total. The molecule has 0 aliphatic heterocycles. The van der Waals surface area contributed by atoms with E-state index < -0.39 is 0 Å². The van der Waals surface area contributed by atoms with Crippen LogP contribution in [0.5, 0.6) is 0 Å². The molecule has 45 heavy (non-hydrogen) atoms. The van der Waals surface area contributed by atoms with Crippen LogP contribution in [0.1, 0.15) is 25.0 Å². The minimum absolute atomic E-state index is 0.0821. The Labute approximate surface area is 259 Å². The maximum absolute atomic E-state index is 6.49. The molecule has 4 heteroatoms. The van der Waals surface area contributed by atoms with Crippen LogP contribution < -0.4 is 0 Å². The van der Waals surface area contributed by atoms with Crippen LogP contribution in [-0.2, 0) is 5.41 Å². The van der Waals surface area contributed by atoms with Gasteiger partial charge in [0.2, 0.25) is 5.95 Å². The third-order valence-electron chi connectivity index (χ3n) is 9.83. The molecule has 1 aliphatic rings. The van der Waals surface area contributed by atoms with E-state index >= 15 is 0 Å². The van der Waals surface area contributed by atoms with E-state index in [0.29, 0.717) is 5.95 Å². The summed E-state index contributed by atoms with van der Waals surface area (Å²) in [6.07, 6.45) is 0. The van der Waals surface area contributed by atoms with Crippen molar-refractivity contribution in [1.29, 1.82) is 0 Å². The average molecular weight is 578 g/mol. The molecule has 0 amide bonds. The molecule has 0 saturated heterocycles. The largest absolute Gasteiger partial charge is 0.455 e. The summed E-state index contributed by atoms with van der Waals surface area (Å²) in [5, 5.41) is 5.59. The summed E-state index contributed by atoms with van der Waals surface area (Å²) in [4.78, 5) is 10.6. The molecule has 212 valence electrons. The molecule has 3 heterocycles. The predicted molar refractivity (Wildman–Crippen MR) is 184 cm³/mol. The first kappa shape index (κ1) is 24.7. The van der Waals surface area contributed by atoms with Crippen LogP contribution >= 0.6 is 0 Å². The van der Waals surface area contributed by atoms with Gasteiger partial charge in [0.1, 0.15) is 11.2 Å². The summed E-state index contributed by atoms with van der Waals surface area (Å²) in [6.45, 7) is 4.67. The molecule has 0 saturated carbocycles. The van der Waals surface area contributed by atoms with Crippen molar-refractivity contribution in [2.24, 2.45) is 0 Å². The Morgan fingerprint density at radius 3 is 2.16 bits per heavy atom. The molecule has 6 aromatic carbocycles. The van der Waals surface area contributed by atoms with Crippen molar-refractivity contribution in [2.45, 2.75) is 19.3 Å². The highest BCUT2D eigenvalue weighted by atomic mass is 16.3. The second-order valence-corrected chi connectivity index (χ2v) is 12.6. The summed E-state index contributed by atoms with van der Waals surface area (Å²) < 4.78 is 8.74. The first-order chi connectivity index (χ1) is 22.1. The van der Waals surface area contributed by atoms with Crippen molar-refractivity contribution in [3.63, 3.8) is 0 Å². The smallest absolute Gasteiger partial charge is 0.235 e. The number of nitrogens with zero attached hydrogens (tertiary/aromatic N) is 3. The van der Waals surface area contributed by atoms with Gasteiger partial charge >= 0.3 is 0 Å². The Hall–Kier alpha value is -5.74. The lowest BCUT2D eigenvalue weighted by Crippen LogP contribution is -2.14. The molecule has 10 rings (SSSR count). The zero-order valence-electron chi connectivity index (χ0n) is 24.9. The van der Waals surface area contributed by atoms with Crippen molar-refractivity contribution < 1.29 is 4.42 Å². The molecule has 0 radical (unpaired) electrons. The Morgan fingerprint density at radius 2 is 1.24 bits per heavy atom. The van der Waals surface area contributed by atoms with Gasteiger partial charge in [0, 0.05) is 37.9 Å². The zero-order chi connectivity index (χ0) is 29.9. The highest BCUT2D eigenvalue weighted by molar-refractivity contribution is 6.13. The van der Waals surface area contributed by atoms with Gasteiger partial charge in [-0.1, -0.05) is 105 Å². The fraction of sp³-hybridized carbons (Fsp3) is 0.0732. The minimum Gasteiger partial charge on any atom is -0.455 e. The van der Waals surface area contributed by atoms with Crippen LogP contribution in [0, 0.1) is 0 Å². The van der Waals surface area contributed by atoms with Crippen LogP contribution in [0.3, 0.4) is 0 Å². The van der Waals surface area contributed by atoms with Gasteiger partial charge < -0.3 is 4.42 Å². The van der Waals surface area contributed by atoms with Crippen molar-refractivity contribution in [3.8, 4) is 28.3 Å². The average Bonchev–Trinajstić information content (AvgIpc) is 3.69. The lowest BCUT2D eigenvalue weighted by atomic mass is 9.82. The number of furan rings is 1. The lowest BCUT2D eigenvalue weighted by Gasteiger charge is -2.21. The predicted octanol–water partition coefficient (Wildman–Crippen LogP) is 10.6. The molecule has 4 nitrogen and oxygen atoms in total. The molecule has 0 atom stereocenters. The summed E-state index contributed by atoms with van der Waals surface area (Å²) >= 11 is 0. The van der Waals surface area contributed by atoms with Gasteiger partial charge in [-0.2, -0.15) is 0 Å². The highest BCUT2D eigenvalue weighted by Gasteiger charge is 2.36. The van der Waals surface area contributed by atoms with E-state index in [4.69, 9.17) is 14.4 Å². The maximum Gasteiger partial charge on any atom is 0.235 e. The van der Waals surface area contributed by atoms with Crippen LogP contribution in [-0.4, -0.2) is 14.5 Å². The standard InChI is InChI=1S/C41H27N3O/c1-41(2)32-18-7-3-12-24(32)30-23-36-31(22-33(30)41)25-13-5-9-20-35(25)44(36)40-42-34-19-8-4-15-28(34)38(43-40)29-17-11-16-27-26-14-6-10-21-37(26)45-39(27)29/h3-23H,1-2H3. The van der Waals surface area contributed by atoms with Gasteiger partial charge in [-0.15, -0.1) is 0 Å². The van der Waals surface area contributed by atoms with E-state index in [2.05, 4.69) is 128 Å².